The van der Waals surface area contributed by atoms with E-state index in [0.29, 0.717) is 29.9 Å². The van der Waals surface area contributed by atoms with E-state index in [2.05, 4.69) is 29.4 Å². The summed E-state index contributed by atoms with van der Waals surface area (Å²) in [6, 6.07) is 6.25. The van der Waals surface area contributed by atoms with Crippen molar-refractivity contribution in [1.82, 2.24) is 15.1 Å². The highest BCUT2D eigenvalue weighted by atomic mass is 32.2. The molecule has 0 unspecified atom stereocenters. The number of nitrogens with zero attached hydrogens (tertiary/aromatic N) is 3. The average Bonchev–Trinajstić information content (AvgIpc) is 3.27. The van der Waals surface area contributed by atoms with Crippen LogP contribution in [0.15, 0.2) is 28.6 Å². The van der Waals surface area contributed by atoms with Crippen LogP contribution in [0.1, 0.15) is 32.3 Å². The van der Waals surface area contributed by atoms with Crippen LogP contribution in [-0.2, 0) is 16.0 Å². The molecule has 2 amide bonds. The van der Waals surface area contributed by atoms with Crippen molar-refractivity contribution in [1.29, 1.82) is 0 Å². The van der Waals surface area contributed by atoms with E-state index < -0.39 is 5.92 Å². The van der Waals surface area contributed by atoms with Crippen LogP contribution in [0.3, 0.4) is 0 Å². The summed E-state index contributed by atoms with van der Waals surface area (Å²) in [5.41, 5.74) is 0.960. The summed E-state index contributed by atoms with van der Waals surface area (Å²) < 4.78 is 13.8. The molecule has 0 bridgehead atoms. The van der Waals surface area contributed by atoms with Gasteiger partial charge in [0.1, 0.15) is 5.82 Å². The van der Waals surface area contributed by atoms with Crippen molar-refractivity contribution in [2.75, 3.05) is 18.4 Å². The summed E-state index contributed by atoms with van der Waals surface area (Å²) in [6.45, 7) is 5.14. The van der Waals surface area contributed by atoms with Crippen molar-refractivity contribution in [2.45, 2.75) is 42.7 Å². The van der Waals surface area contributed by atoms with Crippen molar-refractivity contribution >= 4 is 40.0 Å². The van der Waals surface area contributed by atoms with Crippen LogP contribution in [0.25, 0.3) is 0 Å². The normalized spacial score (nSPS) is 17.8. The van der Waals surface area contributed by atoms with Crippen LogP contribution in [0.2, 0.25) is 0 Å². The number of hydrogen-bond donors (Lipinski definition) is 1. The summed E-state index contributed by atoms with van der Waals surface area (Å²) in [7, 11) is 0. The lowest BCUT2D eigenvalue weighted by molar-refractivity contribution is -0.128. The first-order chi connectivity index (χ1) is 13.4. The third kappa shape index (κ3) is 5.51. The lowest BCUT2D eigenvalue weighted by Crippen LogP contribution is -2.30. The molecule has 28 heavy (non-hydrogen) atoms. The van der Waals surface area contributed by atoms with E-state index in [1.807, 2.05) is 0 Å². The summed E-state index contributed by atoms with van der Waals surface area (Å²) >= 11 is 2.99. The van der Waals surface area contributed by atoms with Gasteiger partial charge in [0.2, 0.25) is 16.9 Å². The second-order valence-electron chi connectivity index (χ2n) is 6.82. The molecule has 150 valence electrons. The zero-order valence-corrected chi connectivity index (χ0v) is 17.5. The Morgan fingerprint density at radius 1 is 1.39 bits per heavy atom. The number of nitrogens with one attached hydrogen (secondary N) is 1. The largest absolute Gasteiger partial charge is 0.342 e. The van der Waals surface area contributed by atoms with Crippen molar-refractivity contribution in [3.8, 4) is 0 Å². The van der Waals surface area contributed by atoms with Crippen molar-refractivity contribution in [2.24, 2.45) is 5.92 Å². The molecule has 2 heterocycles. The Bertz CT molecular complexity index is 828. The highest BCUT2D eigenvalue weighted by Gasteiger charge is 2.34. The van der Waals surface area contributed by atoms with Crippen LogP contribution in [0, 0.1) is 11.7 Å². The topological polar surface area (TPSA) is 75.2 Å². The second-order valence-corrected chi connectivity index (χ2v) is 9.48. The molecule has 1 aliphatic heterocycles. The van der Waals surface area contributed by atoms with E-state index in [0.717, 1.165) is 16.3 Å². The van der Waals surface area contributed by atoms with Gasteiger partial charge in [0.15, 0.2) is 4.34 Å². The molecule has 0 saturated carbocycles. The summed E-state index contributed by atoms with van der Waals surface area (Å²) in [5.74, 6) is -0.906. The predicted molar refractivity (Wildman–Crippen MR) is 109 cm³/mol. The van der Waals surface area contributed by atoms with E-state index in [4.69, 9.17) is 0 Å². The Labute approximate surface area is 171 Å². The highest BCUT2D eigenvalue weighted by molar-refractivity contribution is 8.01. The predicted octanol–water partition coefficient (Wildman–Crippen LogP) is 3.60. The first kappa shape index (κ1) is 20.7. The number of amides is 2. The van der Waals surface area contributed by atoms with E-state index in [9.17, 15) is 14.0 Å². The molecule has 1 aromatic heterocycles. The maximum absolute atomic E-state index is 13.0. The molecular weight excluding hydrogens is 399 g/mol. The van der Waals surface area contributed by atoms with Gasteiger partial charge >= 0.3 is 0 Å². The average molecular weight is 423 g/mol. The monoisotopic (exact) mass is 422 g/mol. The van der Waals surface area contributed by atoms with Crippen LogP contribution in [0.5, 0.6) is 0 Å². The van der Waals surface area contributed by atoms with Gasteiger partial charge in [-0.3, -0.25) is 9.59 Å². The van der Waals surface area contributed by atoms with Crippen LogP contribution < -0.4 is 5.32 Å². The fourth-order valence-electron chi connectivity index (χ4n) is 2.85. The lowest BCUT2D eigenvalue weighted by Gasteiger charge is -2.16. The van der Waals surface area contributed by atoms with Crippen LogP contribution >= 0.6 is 23.1 Å². The van der Waals surface area contributed by atoms with Gasteiger partial charge < -0.3 is 10.2 Å². The van der Waals surface area contributed by atoms with Crippen LogP contribution in [0.4, 0.5) is 9.52 Å². The molecule has 6 nitrogen and oxygen atoms in total. The van der Waals surface area contributed by atoms with Crippen LogP contribution in [-0.4, -0.2) is 45.3 Å². The van der Waals surface area contributed by atoms with Gasteiger partial charge in [-0.2, -0.15) is 0 Å². The zero-order valence-electron chi connectivity index (χ0n) is 15.9. The number of carbonyl (C=O) groups excluding carboxylic acids is 2. The molecule has 9 heteroatoms. The molecule has 1 N–H and O–H groups in total. The number of aromatic nitrogens is 2. The third-order valence-corrected chi connectivity index (χ3v) is 6.87. The number of halogens is 1. The second kappa shape index (κ2) is 9.47. The van der Waals surface area contributed by atoms with Gasteiger partial charge in [0.25, 0.3) is 0 Å². The fraction of sp³-hybridized carbons (Fsp3) is 0.474. The maximum Gasteiger partial charge on any atom is 0.231 e. The first-order valence-corrected chi connectivity index (χ1v) is 11.0. The van der Waals surface area contributed by atoms with Crippen molar-refractivity contribution in [3.63, 3.8) is 0 Å². The Morgan fingerprint density at radius 3 is 2.86 bits per heavy atom. The van der Waals surface area contributed by atoms with Gasteiger partial charge in [-0.05, 0) is 30.5 Å². The minimum Gasteiger partial charge on any atom is -0.342 e. The number of carbonyl (C=O) groups is 2. The lowest BCUT2D eigenvalue weighted by atomic mass is 10.1. The molecule has 0 spiro atoms. The van der Waals surface area contributed by atoms with Crippen molar-refractivity contribution in [3.05, 3.63) is 35.6 Å². The van der Waals surface area contributed by atoms with Gasteiger partial charge in [-0.1, -0.05) is 49.1 Å². The molecule has 0 aliphatic carbocycles. The van der Waals surface area contributed by atoms with Crippen molar-refractivity contribution < 1.29 is 14.0 Å². The van der Waals surface area contributed by atoms with E-state index in [1.54, 1.807) is 28.8 Å². The highest BCUT2D eigenvalue weighted by Crippen LogP contribution is 2.30. The number of likely N-dealkylation sites (tertiary alicyclic amines) is 1. The Balaban J connectivity index is 1.50. The van der Waals surface area contributed by atoms with Gasteiger partial charge in [0.05, 0.1) is 5.92 Å². The molecule has 1 aromatic carbocycles. The van der Waals surface area contributed by atoms with E-state index in [-0.39, 0.29) is 24.1 Å². The number of benzene rings is 1. The van der Waals surface area contributed by atoms with Gasteiger partial charge in [0, 0.05) is 24.8 Å². The molecule has 3 rings (SSSR count). The summed E-state index contributed by atoms with van der Waals surface area (Å²) in [6.07, 6.45) is 1.86. The molecule has 1 saturated heterocycles. The Morgan fingerprint density at radius 2 is 2.14 bits per heavy atom. The molecule has 0 radical (unpaired) electrons. The molecule has 2 atom stereocenters. The molecule has 1 fully saturated rings. The SMILES string of the molecule is CC[C@@H](C)Sc1nnc(NC(=O)[C@@H]2CC(=O)N(CCc3ccc(F)cc3)C2)s1. The Kier molecular flexibility index (Phi) is 7.01. The smallest absolute Gasteiger partial charge is 0.231 e. The van der Waals surface area contributed by atoms with E-state index >= 15 is 0 Å². The summed E-state index contributed by atoms with van der Waals surface area (Å²) in [5, 5.41) is 11.8. The standard InChI is InChI=1S/C19H23FN4O2S2/c1-3-12(2)27-19-23-22-18(28-19)21-17(26)14-10-16(25)24(11-14)9-8-13-4-6-15(20)7-5-13/h4-7,12,14H,3,8-11H2,1-2H3,(H,21,22,26)/t12-,14-/m1/s1. The maximum atomic E-state index is 13.0. The fourth-order valence-corrected chi connectivity index (χ4v) is 4.85. The van der Waals surface area contributed by atoms with E-state index in [1.165, 1.54) is 23.5 Å². The minimum absolute atomic E-state index is 0.0347. The number of hydrogen-bond acceptors (Lipinski definition) is 6. The number of anilines is 1. The minimum atomic E-state index is -0.393. The number of thioether (sulfide) groups is 1. The number of rotatable bonds is 8. The summed E-state index contributed by atoms with van der Waals surface area (Å²) in [4.78, 5) is 26.4. The molecule has 2 aromatic rings. The quantitative estimate of drug-likeness (QED) is 0.520. The molecular formula is C19H23FN4O2S2. The van der Waals surface area contributed by atoms with Gasteiger partial charge in [-0.15, -0.1) is 10.2 Å². The Hall–Kier alpha value is -2.00. The third-order valence-electron chi connectivity index (χ3n) is 4.68. The van der Waals surface area contributed by atoms with Gasteiger partial charge in [-0.25, -0.2) is 4.39 Å². The molecule has 1 aliphatic rings. The first-order valence-electron chi connectivity index (χ1n) is 9.27. The zero-order chi connectivity index (χ0) is 20.1.